The number of carbonyl (C=O) groups is 2. The van der Waals surface area contributed by atoms with Crippen molar-refractivity contribution in [3.05, 3.63) is 63.1 Å². The van der Waals surface area contributed by atoms with E-state index in [9.17, 15) is 9.59 Å². The predicted octanol–water partition coefficient (Wildman–Crippen LogP) is 4.15. The van der Waals surface area contributed by atoms with Gasteiger partial charge < -0.3 is 0 Å². The van der Waals surface area contributed by atoms with Gasteiger partial charge in [-0.3, -0.25) is 9.59 Å². The van der Waals surface area contributed by atoms with Gasteiger partial charge in [-0.2, -0.15) is 0 Å². The molecule has 2 amide bonds. The first-order valence-electron chi connectivity index (χ1n) is 9.81. The van der Waals surface area contributed by atoms with Crippen molar-refractivity contribution in [1.29, 1.82) is 0 Å². The van der Waals surface area contributed by atoms with Crippen molar-refractivity contribution < 1.29 is 9.59 Å². The summed E-state index contributed by atoms with van der Waals surface area (Å²) in [6, 6.07) is 10.3. The number of rotatable bonds is 2. The maximum atomic E-state index is 13.6. The van der Waals surface area contributed by atoms with Gasteiger partial charge in [0.2, 0.25) is 5.91 Å². The van der Waals surface area contributed by atoms with E-state index in [0.717, 1.165) is 36.2 Å². The number of anilines is 1. The first-order valence-corrected chi connectivity index (χ1v) is 10.6. The molecule has 3 fully saturated rings. The van der Waals surface area contributed by atoms with Crippen molar-refractivity contribution in [2.45, 2.75) is 32.4 Å². The quantitative estimate of drug-likeness (QED) is 0.672. The van der Waals surface area contributed by atoms with Crippen LogP contribution in [0.2, 0.25) is 10.0 Å². The second-order valence-electron chi connectivity index (χ2n) is 8.04. The summed E-state index contributed by atoms with van der Waals surface area (Å²) in [6.07, 6.45) is 0.954. The lowest BCUT2D eigenvalue weighted by Crippen LogP contribution is -2.44. The molecule has 3 saturated heterocycles. The lowest BCUT2D eigenvalue weighted by atomic mass is 9.90. The van der Waals surface area contributed by atoms with E-state index >= 15 is 0 Å². The lowest BCUT2D eigenvalue weighted by Gasteiger charge is -2.30. The highest BCUT2D eigenvalue weighted by Gasteiger charge is 2.63. The van der Waals surface area contributed by atoms with Gasteiger partial charge in [0.1, 0.15) is 6.04 Å². The minimum Gasteiger partial charge on any atom is -0.274 e. The molecular weight excluding hydrogens is 409 g/mol. The van der Waals surface area contributed by atoms with Crippen LogP contribution in [0.1, 0.15) is 29.2 Å². The summed E-state index contributed by atoms with van der Waals surface area (Å²) in [4.78, 5) is 28.4. The summed E-state index contributed by atoms with van der Waals surface area (Å²) in [5, 5.41) is 5.30. The molecule has 29 heavy (non-hydrogen) atoms. The standard InChI is InChI=1S/C22H21Cl2N3O2/c1-12-4-6-15(10-13(12)2)27-21(28)18-19(16-7-5-14(23)11-17(16)24)25-8-3-9-26(25)20(18)22(27)29/h4-7,10-11,18-20H,3,8-9H2,1-2H3. The van der Waals surface area contributed by atoms with Gasteiger partial charge in [0.05, 0.1) is 17.6 Å². The normalized spacial score (nSPS) is 27.0. The second kappa shape index (κ2) is 6.81. The number of hydrogen-bond donors (Lipinski definition) is 0. The molecule has 2 aromatic rings. The third-order valence-corrected chi connectivity index (χ3v) is 7.00. The SMILES string of the molecule is Cc1ccc(N2C(=O)C3C(C2=O)N2CCCN2C3c2ccc(Cl)cc2Cl)cc1C. The predicted molar refractivity (Wildman–Crippen MR) is 113 cm³/mol. The van der Waals surface area contributed by atoms with Gasteiger partial charge in [0, 0.05) is 23.1 Å². The summed E-state index contributed by atoms with van der Waals surface area (Å²) >= 11 is 12.6. The van der Waals surface area contributed by atoms with Crippen LogP contribution >= 0.6 is 23.2 Å². The van der Waals surface area contributed by atoms with Gasteiger partial charge in [0.25, 0.3) is 5.91 Å². The molecule has 0 aromatic heterocycles. The Kier molecular flexibility index (Phi) is 4.48. The molecule has 5 nitrogen and oxygen atoms in total. The van der Waals surface area contributed by atoms with Crippen molar-refractivity contribution in [1.82, 2.24) is 10.0 Å². The molecule has 0 saturated carbocycles. The summed E-state index contributed by atoms with van der Waals surface area (Å²) < 4.78 is 0. The van der Waals surface area contributed by atoms with Crippen LogP contribution in [-0.2, 0) is 9.59 Å². The first kappa shape index (κ1) is 19.1. The monoisotopic (exact) mass is 429 g/mol. The highest BCUT2D eigenvalue weighted by molar-refractivity contribution is 6.35. The zero-order chi connectivity index (χ0) is 20.4. The zero-order valence-corrected chi connectivity index (χ0v) is 17.7. The van der Waals surface area contributed by atoms with Crippen molar-refractivity contribution in [3.8, 4) is 0 Å². The number of amides is 2. The van der Waals surface area contributed by atoms with Crippen LogP contribution in [0.25, 0.3) is 0 Å². The number of hydrazine groups is 1. The Labute approximate surface area is 179 Å². The van der Waals surface area contributed by atoms with Crippen LogP contribution in [0.5, 0.6) is 0 Å². The molecule has 0 radical (unpaired) electrons. The molecule has 7 heteroatoms. The van der Waals surface area contributed by atoms with E-state index in [1.54, 1.807) is 12.1 Å². The summed E-state index contributed by atoms with van der Waals surface area (Å²) in [5.74, 6) is -0.792. The molecule has 0 aliphatic carbocycles. The fourth-order valence-electron chi connectivity index (χ4n) is 4.95. The molecule has 2 aromatic carbocycles. The maximum Gasteiger partial charge on any atom is 0.253 e. The number of carbonyl (C=O) groups excluding carboxylic acids is 2. The molecule has 3 unspecified atom stereocenters. The van der Waals surface area contributed by atoms with Gasteiger partial charge in [-0.05, 0) is 61.2 Å². The number of imide groups is 1. The van der Waals surface area contributed by atoms with Gasteiger partial charge in [-0.15, -0.1) is 0 Å². The Morgan fingerprint density at radius 2 is 1.59 bits per heavy atom. The number of halogens is 2. The lowest BCUT2D eigenvalue weighted by molar-refractivity contribution is -0.126. The van der Waals surface area contributed by atoms with Gasteiger partial charge in [-0.1, -0.05) is 35.3 Å². The Morgan fingerprint density at radius 3 is 2.28 bits per heavy atom. The molecule has 3 aliphatic heterocycles. The Bertz CT molecular complexity index is 1040. The number of hydrogen-bond acceptors (Lipinski definition) is 4. The van der Waals surface area contributed by atoms with E-state index in [4.69, 9.17) is 23.2 Å². The summed E-state index contributed by atoms with van der Waals surface area (Å²) in [7, 11) is 0. The first-order chi connectivity index (χ1) is 13.9. The molecule has 3 heterocycles. The van der Waals surface area contributed by atoms with E-state index in [1.807, 2.05) is 38.1 Å². The van der Waals surface area contributed by atoms with Crippen molar-refractivity contribution in [2.24, 2.45) is 5.92 Å². The van der Waals surface area contributed by atoms with E-state index in [0.29, 0.717) is 15.7 Å². The highest BCUT2D eigenvalue weighted by Crippen LogP contribution is 2.50. The smallest absolute Gasteiger partial charge is 0.253 e. The van der Waals surface area contributed by atoms with Gasteiger partial charge in [-0.25, -0.2) is 14.9 Å². The van der Waals surface area contributed by atoms with Crippen molar-refractivity contribution in [2.75, 3.05) is 18.0 Å². The van der Waals surface area contributed by atoms with Crippen molar-refractivity contribution in [3.63, 3.8) is 0 Å². The molecule has 3 aliphatic rings. The highest BCUT2D eigenvalue weighted by atomic mass is 35.5. The van der Waals surface area contributed by atoms with Crippen LogP contribution in [-0.4, -0.2) is 41.0 Å². The van der Waals surface area contributed by atoms with Crippen molar-refractivity contribution >= 4 is 40.7 Å². The molecular formula is C22H21Cl2N3O2. The molecule has 0 N–H and O–H groups in total. The van der Waals surface area contributed by atoms with Gasteiger partial charge in [0.15, 0.2) is 0 Å². The fraction of sp³-hybridized carbons (Fsp3) is 0.364. The van der Waals surface area contributed by atoms with Crippen LogP contribution in [0.3, 0.4) is 0 Å². The average Bonchev–Trinajstić information content (AvgIpc) is 3.31. The Morgan fingerprint density at radius 1 is 0.862 bits per heavy atom. The second-order valence-corrected chi connectivity index (χ2v) is 8.89. The molecule has 5 rings (SSSR count). The average molecular weight is 430 g/mol. The minimum absolute atomic E-state index is 0.150. The van der Waals surface area contributed by atoms with E-state index in [-0.39, 0.29) is 17.9 Å². The largest absolute Gasteiger partial charge is 0.274 e. The fourth-order valence-corrected chi connectivity index (χ4v) is 5.47. The maximum absolute atomic E-state index is 13.6. The number of benzene rings is 2. The topological polar surface area (TPSA) is 43.9 Å². The number of aryl methyl sites for hydroxylation is 2. The zero-order valence-electron chi connectivity index (χ0n) is 16.2. The molecule has 0 spiro atoms. The number of nitrogens with zero attached hydrogens (tertiary/aromatic N) is 3. The van der Waals surface area contributed by atoms with E-state index in [1.165, 1.54) is 4.90 Å². The van der Waals surface area contributed by atoms with Crippen LogP contribution in [0.4, 0.5) is 5.69 Å². The van der Waals surface area contributed by atoms with Gasteiger partial charge >= 0.3 is 0 Å². The minimum atomic E-state index is -0.483. The Balaban J connectivity index is 1.60. The van der Waals surface area contributed by atoms with Crippen LogP contribution in [0.15, 0.2) is 36.4 Å². The third kappa shape index (κ3) is 2.76. The summed E-state index contributed by atoms with van der Waals surface area (Å²) in [5.41, 5.74) is 3.67. The number of fused-ring (bicyclic) bond motifs is 3. The summed E-state index contributed by atoms with van der Waals surface area (Å²) in [6.45, 7) is 5.58. The third-order valence-electron chi connectivity index (χ3n) is 6.44. The van der Waals surface area contributed by atoms with E-state index in [2.05, 4.69) is 10.0 Å². The van der Waals surface area contributed by atoms with Crippen LogP contribution < -0.4 is 4.90 Å². The van der Waals surface area contributed by atoms with Crippen LogP contribution in [0, 0.1) is 19.8 Å². The van der Waals surface area contributed by atoms with E-state index < -0.39 is 12.0 Å². The molecule has 3 atom stereocenters. The Hall–Kier alpha value is -1.92. The molecule has 0 bridgehead atoms. The molecule has 150 valence electrons.